The first-order chi connectivity index (χ1) is 10.3. The predicted octanol–water partition coefficient (Wildman–Crippen LogP) is 2.22. The van der Waals surface area contributed by atoms with E-state index in [1.165, 1.54) is 4.90 Å². The lowest BCUT2D eigenvalue weighted by molar-refractivity contribution is 0.0425. The first kappa shape index (κ1) is 16.2. The summed E-state index contributed by atoms with van der Waals surface area (Å²) in [5.74, 6) is 0.230. The first-order valence-electron chi connectivity index (χ1n) is 7.09. The fraction of sp³-hybridized carbons (Fsp3) is 0.438. The van der Waals surface area contributed by atoms with Crippen molar-refractivity contribution >= 4 is 5.91 Å². The van der Waals surface area contributed by atoms with Gasteiger partial charge >= 0.3 is 0 Å². The van der Waals surface area contributed by atoms with Gasteiger partial charge in [-0.2, -0.15) is 0 Å². The molecule has 0 spiro atoms. The molecule has 2 heterocycles. The summed E-state index contributed by atoms with van der Waals surface area (Å²) in [4.78, 5) is 18.0. The third-order valence-corrected chi connectivity index (χ3v) is 3.65. The number of aliphatic hydroxyl groups excluding tert-OH is 1. The first-order valence-corrected chi connectivity index (χ1v) is 7.09. The molecular weight excluding hydrogens is 282 g/mol. The number of carbonyl (C=O) groups is 1. The maximum Gasteiger partial charge on any atom is 0.276 e. The summed E-state index contributed by atoms with van der Waals surface area (Å²) in [7, 11) is 1.66. The van der Waals surface area contributed by atoms with Gasteiger partial charge in [0, 0.05) is 31.1 Å². The summed E-state index contributed by atoms with van der Waals surface area (Å²) in [6, 6.07) is 4.86. The van der Waals surface area contributed by atoms with Gasteiger partial charge in [-0.25, -0.2) is 0 Å². The van der Waals surface area contributed by atoms with Gasteiger partial charge in [-0.1, -0.05) is 25.9 Å². The maximum absolute atomic E-state index is 12.5. The van der Waals surface area contributed by atoms with Crippen molar-refractivity contribution in [2.45, 2.75) is 26.8 Å². The molecule has 0 aromatic carbocycles. The topological polar surface area (TPSA) is 79.5 Å². The van der Waals surface area contributed by atoms with E-state index in [9.17, 15) is 9.90 Å². The van der Waals surface area contributed by atoms with Crippen LogP contribution in [0.4, 0.5) is 0 Å². The monoisotopic (exact) mass is 303 g/mol. The number of nitrogens with zero attached hydrogens (tertiary/aromatic N) is 3. The zero-order chi connectivity index (χ0) is 16.3. The van der Waals surface area contributed by atoms with Crippen LogP contribution in [0.2, 0.25) is 0 Å². The van der Waals surface area contributed by atoms with Gasteiger partial charge in [0.2, 0.25) is 0 Å². The Balaban J connectivity index is 2.22. The number of rotatable bonds is 4. The highest BCUT2D eigenvalue weighted by Gasteiger charge is 2.32. The van der Waals surface area contributed by atoms with Crippen LogP contribution in [0.15, 0.2) is 35.1 Å². The zero-order valence-corrected chi connectivity index (χ0v) is 13.3. The minimum absolute atomic E-state index is 0.110. The van der Waals surface area contributed by atoms with Crippen LogP contribution in [-0.2, 0) is 0 Å². The largest absolute Gasteiger partial charge is 0.394 e. The van der Waals surface area contributed by atoms with Crippen LogP contribution < -0.4 is 0 Å². The van der Waals surface area contributed by atoms with Crippen molar-refractivity contribution in [2.75, 3.05) is 13.7 Å². The number of carbonyl (C=O) groups excluding carboxylic acids is 1. The normalized spacial score (nSPS) is 13.0. The second kappa shape index (κ2) is 6.27. The third kappa shape index (κ3) is 3.33. The fourth-order valence-corrected chi connectivity index (χ4v) is 2.33. The molecule has 6 nitrogen and oxygen atoms in total. The highest BCUT2D eigenvalue weighted by Crippen LogP contribution is 2.25. The molecular formula is C16H21N3O3. The number of aliphatic hydroxyl groups is 1. The van der Waals surface area contributed by atoms with Crippen molar-refractivity contribution in [3.8, 4) is 11.3 Å². The Hall–Kier alpha value is -2.21. The quantitative estimate of drug-likeness (QED) is 0.936. The number of hydrogen-bond acceptors (Lipinski definition) is 5. The molecule has 0 aliphatic rings. The number of aromatic nitrogens is 2. The molecule has 0 aliphatic carbocycles. The Labute approximate surface area is 129 Å². The van der Waals surface area contributed by atoms with E-state index in [0.29, 0.717) is 5.76 Å². The van der Waals surface area contributed by atoms with E-state index in [4.69, 9.17) is 4.52 Å². The lowest BCUT2D eigenvalue weighted by Gasteiger charge is -2.36. The van der Waals surface area contributed by atoms with Crippen molar-refractivity contribution < 1.29 is 14.4 Å². The lowest BCUT2D eigenvalue weighted by Crippen LogP contribution is -2.47. The second-order valence-corrected chi connectivity index (χ2v) is 6.29. The van der Waals surface area contributed by atoms with Crippen molar-refractivity contribution in [1.29, 1.82) is 0 Å². The molecule has 2 aromatic rings. The Morgan fingerprint density at radius 3 is 2.55 bits per heavy atom. The maximum atomic E-state index is 12.5. The molecule has 1 atom stereocenters. The van der Waals surface area contributed by atoms with Gasteiger partial charge in [0.05, 0.1) is 12.6 Å². The lowest BCUT2D eigenvalue weighted by atomic mass is 9.86. The highest BCUT2D eigenvalue weighted by atomic mass is 16.5. The Bertz CT molecular complexity index is 632. The second-order valence-electron chi connectivity index (χ2n) is 6.29. The van der Waals surface area contributed by atoms with Gasteiger partial charge in [0.15, 0.2) is 11.5 Å². The molecule has 2 rings (SSSR count). The molecule has 0 aliphatic heterocycles. The van der Waals surface area contributed by atoms with E-state index >= 15 is 0 Å². The van der Waals surface area contributed by atoms with Gasteiger partial charge < -0.3 is 14.5 Å². The van der Waals surface area contributed by atoms with E-state index in [1.54, 1.807) is 37.6 Å². The van der Waals surface area contributed by atoms with Gasteiger partial charge in [-0.15, -0.1) is 0 Å². The minimum atomic E-state index is -0.305. The molecule has 0 fully saturated rings. The van der Waals surface area contributed by atoms with Crippen LogP contribution in [0.1, 0.15) is 31.3 Å². The van der Waals surface area contributed by atoms with Crippen LogP contribution in [0, 0.1) is 5.41 Å². The summed E-state index contributed by atoms with van der Waals surface area (Å²) in [5, 5.41) is 13.4. The molecule has 22 heavy (non-hydrogen) atoms. The highest BCUT2D eigenvalue weighted by molar-refractivity contribution is 5.93. The molecule has 0 bridgehead atoms. The molecule has 0 radical (unpaired) electrons. The molecule has 1 N–H and O–H groups in total. The number of likely N-dealkylation sites (N-methyl/N-ethyl adjacent to an activating group) is 1. The summed E-state index contributed by atoms with van der Waals surface area (Å²) < 4.78 is 5.23. The SMILES string of the molecule is CN(C(=O)c1cc(-c2ccncc2)on1)[C@@H](CO)C(C)(C)C. The van der Waals surface area contributed by atoms with E-state index in [1.807, 2.05) is 20.8 Å². The third-order valence-electron chi connectivity index (χ3n) is 3.65. The summed E-state index contributed by atoms with van der Waals surface area (Å²) in [6.45, 7) is 5.81. The van der Waals surface area contributed by atoms with E-state index in [0.717, 1.165) is 5.56 Å². The van der Waals surface area contributed by atoms with Gasteiger partial charge in [0.1, 0.15) is 0 Å². The van der Waals surface area contributed by atoms with Crippen LogP contribution in [0.3, 0.4) is 0 Å². The van der Waals surface area contributed by atoms with Crippen LogP contribution in [-0.4, -0.2) is 45.8 Å². The summed E-state index contributed by atoms with van der Waals surface area (Å²) in [5.41, 5.74) is 0.785. The van der Waals surface area contributed by atoms with E-state index in [-0.39, 0.29) is 29.7 Å². The van der Waals surface area contributed by atoms with Crippen LogP contribution >= 0.6 is 0 Å². The fourth-order valence-electron chi connectivity index (χ4n) is 2.33. The Morgan fingerprint density at radius 2 is 2.00 bits per heavy atom. The summed E-state index contributed by atoms with van der Waals surface area (Å²) in [6.07, 6.45) is 3.29. The molecule has 0 saturated heterocycles. The summed E-state index contributed by atoms with van der Waals surface area (Å²) >= 11 is 0. The van der Waals surface area contributed by atoms with Gasteiger partial charge in [-0.05, 0) is 17.5 Å². The van der Waals surface area contributed by atoms with Gasteiger partial charge in [0.25, 0.3) is 5.91 Å². The van der Waals surface area contributed by atoms with Crippen LogP contribution in [0.5, 0.6) is 0 Å². The van der Waals surface area contributed by atoms with Crippen molar-refractivity contribution in [1.82, 2.24) is 15.0 Å². The Morgan fingerprint density at radius 1 is 1.36 bits per heavy atom. The molecule has 6 heteroatoms. The smallest absolute Gasteiger partial charge is 0.276 e. The average molecular weight is 303 g/mol. The van der Waals surface area contributed by atoms with Crippen molar-refractivity contribution in [3.63, 3.8) is 0 Å². The van der Waals surface area contributed by atoms with Crippen molar-refractivity contribution in [2.24, 2.45) is 5.41 Å². The number of pyridine rings is 1. The predicted molar refractivity (Wildman–Crippen MR) is 82.2 cm³/mol. The Kier molecular flexibility index (Phi) is 4.61. The molecule has 0 unspecified atom stereocenters. The standard InChI is InChI=1S/C16H21N3O3/c1-16(2,3)14(10-20)19(4)15(21)12-9-13(22-18-12)11-5-7-17-8-6-11/h5-9,14,20H,10H2,1-4H3/t14-/m0/s1. The zero-order valence-electron chi connectivity index (χ0n) is 13.3. The molecule has 0 saturated carbocycles. The molecule has 1 amide bonds. The van der Waals surface area contributed by atoms with E-state index in [2.05, 4.69) is 10.1 Å². The van der Waals surface area contributed by atoms with Gasteiger partial charge in [-0.3, -0.25) is 9.78 Å². The minimum Gasteiger partial charge on any atom is -0.394 e. The van der Waals surface area contributed by atoms with E-state index < -0.39 is 0 Å². The molecule has 118 valence electrons. The van der Waals surface area contributed by atoms with Crippen molar-refractivity contribution in [3.05, 3.63) is 36.3 Å². The number of hydrogen-bond donors (Lipinski definition) is 1. The molecule has 2 aromatic heterocycles. The number of amides is 1. The van der Waals surface area contributed by atoms with Crippen LogP contribution in [0.25, 0.3) is 11.3 Å². The average Bonchev–Trinajstić information content (AvgIpc) is 2.96.